The van der Waals surface area contributed by atoms with Crippen LogP contribution in [-0.2, 0) is 0 Å². The number of anilines is 1. The Bertz CT molecular complexity index is 1250. The molecule has 4 heterocycles. The Morgan fingerprint density at radius 1 is 1.16 bits per heavy atom. The maximum Gasteiger partial charge on any atom is 0.192 e. The third-order valence-electron chi connectivity index (χ3n) is 6.57. The normalized spacial score (nSPS) is 22.8. The summed E-state index contributed by atoms with van der Waals surface area (Å²) in [6, 6.07) is 4.02. The zero-order valence-electron chi connectivity index (χ0n) is 16.6. The van der Waals surface area contributed by atoms with Gasteiger partial charge in [-0.15, -0.1) is 11.3 Å². The zero-order valence-corrected chi connectivity index (χ0v) is 18.2. The van der Waals surface area contributed by atoms with Crippen LogP contribution in [0.4, 0.5) is 10.2 Å². The summed E-state index contributed by atoms with van der Waals surface area (Å²) in [5, 5.41) is 5.65. The van der Waals surface area contributed by atoms with E-state index in [1.165, 1.54) is 43.2 Å². The molecule has 3 saturated carbocycles. The van der Waals surface area contributed by atoms with Gasteiger partial charge in [0.2, 0.25) is 0 Å². The molecule has 0 aromatic carbocycles. The predicted octanol–water partition coefficient (Wildman–Crippen LogP) is 5.93. The van der Waals surface area contributed by atoms with Crippen LogP contribution in [0.1, 0.15) is 32.1 Å². The lowest BCUT2D eigenvalue weighted by Crippen LogP contribution is -2.40. The highest BCUT2D eigenvalue weighted by atomic mass is 35.5. The largest absolute Gasteiger partial charge is 0.364 e. The molecule has 1 atom stereocenters. The second-order valence-electron chi connectivity index (χ2n) is 8.40. The van der Waals surface area contributed by atoms with Crippen molar-refractivity contribution in [2.24, 2.45) is 11.8 Å². The van der Waals surface area contributed by atoms with E-state index in [4.69, 9.17) is 11.6 Å². The predicted molar refractivity (Wildman–Crippen MR) is 121 cm³/mol. The van der Waals surface area contributed by atoms with E-state index in [1.54, 1.807) is 6.20 Å². The molecule has 0 unspecified atom stereocenters. The van der Waals surface area contributed by atoms with Crippen molar-refractivity contribution >= 4 is 39.9 Å². The highest BCUT2D eigenvalue weighted by Gasteiger charge is 2.36. The van der Waals surface area contributed by atoms with Crippen molar-refractivity contribution < 1.29 is 4.39 Å². The van der Waals surface area contributed by atoms with Crippen molar-refractivity contribution in [3.8, 4) is 22.0 Å². The molecule has 4 aromatic heterocycles. The molecule has 7 rings (SSSR count). The summed E-state index contributed by atoms with van der Waals surface area (Å²) < 4.78 is 15.6. The van der Waals surface area contributed by atoms with Gasteiger partial charge in [0, 0.05) is 12.2 Å². The maximum atomic E-state index is 15.6. The summed E-state index contributed by atoms with van der Waals surface area (Å²) in [5.74, 6) is 1.56. The van der Waals surface area contributed by atoms with Gasteiger partial charge in [-0.3, -0.25) is 0 Å². The second-order valence-corrected chi connectivity index (χ2v) is 9.73. The van der Waals surface area contributed by atoms with Crippen molar-refractivity contribution in [1.82, 2.24) is 24.9 Å². The van der Waals surface area contributed by atoms with Crippen molar-refractivity contribution in [3.63, 3.8) is 0 Å². The molecule has 0 aliphatic heterocycles. The van der Waals surface area contributed by atoms with Crippen LogP contribution in [-0.4, -0.2) is 31.0 Å². The van der Waals surface area contributed by atoms with Crippen molar-refractivity contribution in [1.29, 1.82) is 0 Å². The third-order valence-corrected chi connectivity index (χ3v) is 7.63. The number of H-pyrrole nitrogens is 1. The van der Waals surface area contributed by atoms with Gasteiger partial charge >= 0.3 is 0 Å². The van der Waals surface area contributed by atoms with E-state index in [9.17, 15) is 0 Å². The van der Waals surface area contributed by atoms with Gasteiger partial charge in [-0.25, -0.2) is 24.3 Å². The number of fused-ring (bicyclic) bond motifs is 4. The van der Waals surface area contributed by atoms with E-state index in [1.807, 2.05) is 17.5 Å². The SMILES string of the molecule is Fc1c(N[C@@H]2CC3CCC2CC3)nc(-c2c[nH]c3ncc(Cl)nc23)nc1-c1cccs1. The average Bonchev–Trinajstić information content (AvgIpc) is 3.46. The quantitative estimate of drug-likeness (QED) is 0.399. The first-order valence-electron chi connectivity index (χ1n) is 10.5. The Morgan fingerprint density at radius 3 is 2.77 bits per heavy atom. The van der Waals surface area contributed by atoms with Crippen molar-refractivity contribution in [3.05, 3.63) is 40.9 Å². The maximum absolute atomic E-state index is 15.6. The molecule has 3 aliphatic carbocycles. The average molecular weight is 455 g/mol. The molecule has 0 radical (unpaired) electrons. The van der Waals surface area contributed by atoms with Crippen LogP contribution in [0.25, 0.3) is 33.1 Å². The highest BCUT2D eigenvalue weighted by Crippen LogP contribution is 2.43. The molecule has 0 spiro atoms. The van der Waals surface area contributed by atoms with Gasteiger partial charge in [0.15, 0.2) is 23.1 Å². The first-order chi connectivity index (χ1) is 15.2. The number of halogens is 2. The summed E-state index contributed by atoms with van der Waals surface area (Å²) >= 11 is 7.52. The minimum atomic E-state index is -0.406. The van der Waals surface area contributed by atoms with Crippen LogP contribution < -0.4 is 5.32 Å². The lowest BCUT2D eigenvalue weighted by atomic mass is 9.68. The third kappa shape index (κ3) is 3.38. The number of aromatic nitrogens is 5. The second kappa shape index (κ2) is 7.53. The lowest BCUT2D eigenvalue weighted by Gasteiger charge is -2.42. The molecule has 3 fully saturated rings. The summed E-state index contributed by atoms with van der Waals surface area (Å²) in [6.07, 6.45) is 9.29. The lowest BCUT2D eigenvalue weighted by molar-refractivity contribution is 0.157. The minimum Gasteiger partial charge on any atom is -0.364 e. The monoisotopic (exact) mass is 454 g/mol. The molecule has 2 N–H and O–H groups in total. The Labute approximate surface area is 187 Å². The molecular formula is C22H20ClFN6S. The summed E-state index contributed by atoms with van der Waals surface area (Å²) in [5.41, 5.74) is 2.10. The Kier molecular flexibility index (Phi) is 4.65. The fourth-order valence-electron chi connectivity index (χ4n) is 5.01. The number of hydrogen-bond donors (Lipinski definition) is 2. The molecule has 31 heavy (non-hydrogen) atoms. The van der Waals surface area contributed by atoms with Gasteiger partial charge in [-0.1, -0.05) is 30.5 Å². The van der Waals surface area contributed by atoms with Crippen LogP contribution in [0.2, 0.25) is 5.15 Å². The molecule has 0 saturated heterocycles. The Hall–Kier alpha value is -2.58. The Balaban J connectivity index is 1.47. The first-order valence-corrected chi connectivity index (χ1v) is 11.8. The van der Waals surface area contributed by atoms with Gasteiger partial charge in [0.1, 0.15) is 16.4 Å². The van der Waals surface area contributed by atoms with Crippen LogP contribution in [0.15, 0.2) is 29.9 Å². The van der Waals surface area contributed by atoms with Crippen molar-refractivity contribution in [2.45, 2.75) is 38.1 Å². The number of thiophene rings is 1. The fourth-order valence-corrected chi connectivity index (χ4v) is 5.85. The Morgan fingerprint density at radius 2 is 2.03 bits per heavy atom. The summed E-state index contributed by atoms with van der Waals surface area (Å²) in [4.78, 5) is 21.7. The zero-order chi connectivity index (χ0) is 20.9. The van der Waals surface area contributed by atoms with Gasteiger partial charge in [0.05, 0.1) is 16.6 Å². The molecule has 0 amide bonds. The van der Waals surface area contributed by atoms with Crippen molar-refractivity contribution in [2.75, 3.05) is 5.32 Å². The van der Waals surface area contributed by atoms with E-state index in [0.29, 0.717) is 34.2 Å². The molecule has 4 aromatic rings. The highest BCUT2D eigenvalue weighted by molar-refractivity contribution is 7.13. The van der Waals surface area contributed by atoms with Gasteiger partial charge < -0.3 is 10.3 Å². The molecule has 9 heteroatoms. The van der Waals surface area contributed by atoms with Crippen LogP contribution in [0.5, 0.6) is 0 Å². The molecular weight excluding hydrogens is 435 g/mol. The summed E-state index contributed by atoms with van der Waals surface area (Å²) in [6.45, 7) is 0. The molecule has 158 valence electrons. The fraction of sp³-hybridized carbons (Fsp3) is 0.364. The van der Waals surface area contributed by atoms with E-state index in [2.05, 4.69) is 30.2 Å². The van der Waals surface area contributed by atoms with Crippen LogP contribution in [0, 0.1) is 17.7 Å². The van der Waals surface area contributed by atoms with Gasteiger partial charge in [0.25, 0.3) is 0 Å². The number of nitrogens with one attached hydrogen (secondary N) is 2. The van der Waals surface area contributed by atoms with E-state index >= 15 is 4.39 Å². The smallest absolute Gasteiger partial charge is 0.192 e. The molecule has 6 nitrogen and oxygen atoms in total. The first kappa shape index (κ1) is 19.1. The topological polar surface area (TPSA) is 79.4 Å². The van der Waals surface area contributed by atoms with Gasteiger partial charge in [-0.2, -0.15) is 0 Å². The van der Waals surface area contributed by atoms with E-state index in [-0.39, 0.29) is 17.0 Å². The minimum absolute atomic E-state index is 0.248. The van der Waals surface area contributed by atoms with E-state index < -0.39 is 5.82 Å². The number of hydrogen-bond acceptors (Lipinski definition) is 6. The van der Waals surface area contributed by atoms with E-state index in [0.717, 1.165) is 17.2 Å². The standard InChI is InChI=1S/C22H20ClFN6S/c23-16-10-26-22-18(28-16)13(9-25-22)20-29-19(15-2-1-7-31-15)17(24)21(30-20)27-14-8-11-3-5-12(14)6-4-11/h1-2,7,9-12,14H,3-6,8H2,(H,25,26)(H,27,29,30)/t11?,12?,14-/m1/s1. The molecule has 2 bridgehead atoms. The van der Waals surface area contributed by atoms with Crippen LogP contribution >= 0.6 is 22.9 Å². The number of nitrogens with zero attached hydrogens (tertiary/aromatic N) is 4. The van der Waals surface area contributed by atoms with Gasteiger partial charge in [-0.05, 0) is 42.5 Å². The number of aromatic amines is 1. The van der Waals surface area contributed by atoms with Crippen LogP contribution in [0.3, 0.4) is 0 Å². The summed E-state index contributed by atoms with van der Waals surface area (Å²) in [7, 11) is 0. The molecule has 3 aliphatic rings. The number of rotatable bonds is 4.